The molecule has 12 heavy (non-hydrogen) atoms. The van der Waals surface area contributed by atoms with Crippen molar-refractivity contribution in [2.45, 2.75) is 33.4 Å². The number of hydrogen-bond acceptors (Lipinski definition) is 3. The molecule has 1 aromatic rings. The summed E-state index contributed by atoms with van der Waals surface area (Å²) in [6, 6.07) is 0.390. The van der Waals surface area contributed by atoms with Crippen molar-refractivity contribution in [3.8, 4) is 0 Å². The fraction of sp³-hybridized carbons (Fsp3) is 0.750. The Hall–Kier alpha value is -0.900. The summed E-state index contributed by atoms with van der Waals surface area (Å²) in [5, 5.41) is 7.36. The van der Waals surface area contributed by atoms with Crippen LogP contribution in [0.25, 0.3) is 0 Å². The predicted octanol–water partition coefficient (Wildman–Crippen LogP) is 0.968. The van der Waals surface area contributed by atoms with Crippen molar-refractivity contribution in [3.05, 3.63) is 12.2 Å². The minimum atomic E-state index is 0.390. The normalized spacial score (nSPS) is 11.0. The molecule has 0 fully saturated rings. The third kappa shape index (κ3) is 2.04. The molecule has 0 amide bonds. The zero-order chi connectivity index (χ0) is 8.97. The van der Waals surface area contributed by atoms with Gasteiger partial charge in [0, 0.05) is 6.04 Å². The molecule has 1 N–H and O–H groups in total. The topological polar surface area (TPSA) is 42.7 Å². The maximum atomic E-state index is 4.16. The Morgan fingerprint density at radius 1 is 1.58 bits per heavy atom. The second-order valence-corrected chi connectivity index (χ2v) is 2.99. The summed E-state index contributed by atoms with van der Waals surface area (Å²) in [6.45, 7) is 8.05. The quantitative estimate of drug-likeness (QED) is 0.728. The first-order valence-electron chi connectivity index (χ1n) is 4.34. The van der Waals surface area contributed by atoms with E-state index >= 15 is 0 Å². The van der Waals surface area contributed by atoms with E-state index in [2.05, 4.69) is 36.2 Å². The summed E-state index contributed by atoms with van der Waals surface area (Å²) in [6.07, 6.45) is 1.60. The van der Waals surface area contributed by atoms with Gasteiger partial charge in [-0.2, -0.15) is 5.10 Å². The van der Waals surface area contributed by atoms with Gasteiger partial charge in [0.25, 0.3) is 0 Å². The third-order valence-corrected chi connectivity index (χ3v) is 1.67. The molecule has 0 saturated heterocycles. The molecule has 0 aliphatic heterocycles. The number of nitrogens with zero attached hydrogens (tertiary/aromatic N) is 3. The molecule has 0 radical (unpaired) electrons. The van der Waals surface area contributed by atoms with Crippen molar-refractivity contribution in [1.29, 1.82) is 0 Å². The fourth-order valence-electron chi connectivity index (χ4n) is 1.07. The molecular weight excluding hydrogens is 152 g/mol. The van der Waals surface area contributed by atoms with Crippen LogP contribution in [0, 0.1) is 0 Å². The Balaban J connectivity index is 2.64. The molecule has 0 unspecified atom stereocenters. The van der Waals surface area contributed by atoms with Crippen LogP contribution in [0.2, 0.25) is 0 Å². The van der Waals surface area contributed by atoms with E-state index in [1.807, 2.05) is 4.68 Å². The van der Waals surface area contributed by atoms with Gasteiger partial charge in [-0.05, 0) is 20.4 Å². The highest BCUT2D eigenvalue weighted by molar-refractivity contribution is 4.85. The molecule has 68 valence electrons. The number of rotatable bonds is 4. The minimum absolute atomic E-state index is 0.390. The number of aromatic nitrogens is 3. The van der Waals surface area contributed by atoms with E-state index in [0.29, 0.717) is 6.04 Å². The lowest BCUT2D eigenvalue weighted by molar-refractivity contribution is 0.492. The molecule has 0 spiro atoms. The molecule has 4 heteroatoms. The van der Waals surface area contributed by atoms with Gasteiger partial charge in [-0.25, -0.2) is 9.67 Å². The molecular formula is C8H16N4. The summed E-state index contributed by atoms with van der Waals surface area (Å²) < 4.78 is 1.93. The Bertz CT molecular complexity index is 229. The summed E-state index contributed by atoms with van der Waals surface area (Å²) in [5.41, 5.74) is 0. The van der Waals surface area contributed by atoms with Crippen molar-refractivity contribution in [2.24, 2.45) is 0 Å². The molecule has 1 aromatic heterocycles. The lowest BCUT2D eigenvalue weighted by Crippen LogP contribution is -2.17. The van der Waals surface area contributed by atoms with Gasteiger partial charge < -0.3 is 5.32 Å². The molecule has 0 aliphatic rings. The lowest BCUT2D eigenvalue weighted by atomic mass is 10.4. The zero-order valence-electron chi connectivity index (χ0n) is 7.91. The van der Waals surface area contributed by atoms with Crippen molar-refractivity contribution in [3.63, 3.8) is 0 Å². The average molecular weight is 168 g/mol. The van der Waals surface area contributed by atoms with E-state index in [-0.39, 0.29) is 0 Å². The second-order valence-electron chi connectivity index (χ2n) is 2.99. The van der Waals surface area contributed by atoms with Gasteiger partial charge in [-0.15, -0.1) is 0 Å². The SMILES string of the molecule is CCNCc1ncnn1C(C)C. The van der Waals surface area contributed by atoms with E-state index in [0.717, 1.165) is 18.9 Å². The van der Waals surface area contributed by atoms with E-state index in [9.17, 15) is 0 Å². The monoisotopic (exact) mass is 168 g/mol. The Morgan fingerprint density at radius 2 is 2.33 bits per heavy atom. The fourth-order valence-corrected chi connectivity index (χ4v) is 1.07. The molecule has 0 bridgehead atoms. The van der Waals surface area contributed by atoms with Crippen LogP contribution in [0.3, 0.4) is 0 Å². The van der Waals surface area contributed by atoms with Crippen LogP contribution >= 0.6 is 0 Å². The van der Waals surface area contributed by atoms with Crippen LogP contribution in [0.1, 0.15) is 32.6 Å². The average Bonchev–Trinajstić information content (AvgIpc) is 2.48. The Kier molecular flexibility index (Phi) is 3.22. The largest absolute Gasteiger partial charge is 0.310 e. The van der Waals surface area contributed by atoms with Gasteiger partial charge in [-0.1, -0.05) is 6.92 Å². The minimum Gasteiger partial charge on any atom is -0.310 e. The van der Waals surface area contributed by atoms with Crippen LogP contribution in [-0.2, 0) is 6.54 Å². The summed E-state index contributed by atoms with van der Waals surface area (Å²) in [5.74, 6) is 1.01. The summed E-state index contributed by atoms with van der Waals surface area (Å²) in [7, 11) is 0. The van der Waals surface area contributed by atoms with Crippen molar-refractivity contribution < 1.29 is 0 Å². The van der Waals surface area contributed by atoms with E-state index < -0.39 is 0 Å². The molecule has 1 heterocycles. The number of nitrogens with one attached hydrogen (secondary N) is 1. The van der Waals surface area contributed by atoms with Gasteiger partial charge >= 0.3 is 0 Å². The second kappa shape index (κ2) is 4.21. The van der Waals surface area contributed by atoms with Gasteiger partial charge in [-0.3, -0.25) is 0 Å². The molecule has 0 saturated carbocycles. The summed E-state index contributed by atoms with van der Waals surface area (Å²) >= 11 is 0. The smallest absolute Gasteiger partial charge is 0.141 e. The highest BCUT2D eigenvalue weighted by atomic mass is 15.3. The van der Waals surface area contributed by atoms with Gasteiger partial charge in [0.1, 0.15) is 12.2 Å². The highest BCUT2D eigenvalue weighted by Crippen LogP contribution is 2.03. The highest BCUT2D eigenvalue weighted by Gasteiger charge is 2.05. The van der Waals surface area contributed by atoms with Crippen molar-refractivity contribution >= 4 is 0 Å². The zero-order valence-corrected chi connectivity index (χ0v) is 7.91. The first-order chi connectivity index (χ1) is 5.75. The first kappa shape index (κ1) is 9.19. The molecule has 0 aliphatic carbocycles. The molecule has 0 atom stereocenters. The third-order valence-electron chi connectivity index (χ3n) is 1.67. The van der Waals surface area contributed by atoms with Crippen LogP contribution in [-0.4, -0.2) is 21.3 Å². The summed E-state index contributed by atoms with van der Waals surface area (Å²) in [4.78, 5) is 4.16. The van der Waals surface area contributed by atoms with Crippen molar-refractivity contribution in [1.82, 2.24) is 20.1 Å². The van der Waals surface area contributed by atoms with Crippen LogP contribution in [0.15, 0.2) is 6.33 Å². The van der Waals surface area contributed by atoms with Gasteiger partial charge in [0.05, 0.1) is 6.54 Å². The predicted molar refractivity (Wildman–Crippen MR) is 47.8 cm³/mol. The van der Waals surface area contributed by atoms with Gasteiger partial charge in [0.15, 0.2) is 0 Å². The molecule has 0 aromatic carbocycles. The van der Waals surface area contributed by atoms with Crippen LogP contribution in [0.4, 0.5) is 0 Å². The maximum absolute atomic E-state index is 4.16. The molecule has 1 rings (SSSR count). The standard InChI is InChI=1S/C8H16N4/c1-4-9-5-8-10-6-11-12(8)7(2)3/h6-7,9H,4-5H2,1-3H3. The first-order valence-corrected chi connectivity index (χ1v) is 4.34. The van der Waals surface area contributed by atoms with Crippen molar-refractivity contribution in [2.75, 3.05) is 6.54 Å². The van der Waals surface area contributed by atoms with E-state index in [1.54, 1.807) is 6.33 Å². The van der Waals surface area contributed by atoms with E-state index in [4.69, 9.17) is 0 Å². The Morgan fingerprint density at radius 3 is 2.92 bits per heavy atom. The molecule has 4 nitrogen and oxygen atoms in total. The van der Waals surface area contributed by atoms with Crippen LogP contribution in [0.5, 0.6) is 0 Å². The van der Waals surface area contributed by atoms with Gasteiger partial charge in [0.2, 0.25) is 0 Å². The van der Waals surface area contributed by atoms with Crippen LogP contribution < -0.4 is 5.32 Å². The maximum Gasteiger partial charge on any atom is 0.141 e. The lowest BCUT2D eigenvalue weighted by Gasteiger charge is -2.08. The Labute approximate surface area is 73.0 Å². The van der Waals surface area contributed by atoms with E-state index in [1.165, 1.54) is 0 Å². The number of hydrogen-bond donors (Lipinski definition) is 1.